The number of hydrogen-bond donors (Lipinski definition) is 0. The molecule has 0 N–H and O–H groups in total. The SMILES string of the molecule is [O]N1C2(C=C(CBr)C13CCCCC3)CCCCC2. The van der Waals surface area contributed by atoms with E-state index < -0.39 is 0 Å². The summed E-state index contributed by atoms with van der Waals surface area (Å²) in [5.74, 6) is 0. The van der Waals surface area contributed by atoms with Gasteiger partial charge >= 0.3 is 0 Å². The summed E-state index contributed by atoms with van der Waals surface area (Å²) in [4.78, 5) is 0. The second-order valence-corrected chi connectivity index (χ2v) is 6.91. The van der Waals surface area contributed by atoms with Gasteiger partial charge in [0.05, 0.1) is 11.1 Å². The summed E-state index contributed by atoms with van der Waals surface area (Å²) < 4.78 is 0. The Kier molecular flexibility index (Phi) is 3.59. The molecule has 1 radical (unpaired) electrons. The maximum Gasteiger partial charge on any atom is 0.0720 e. The minimum Gasteiger partial charge on any atom is -0.135 e. The van der Waals surface area contributed by atoms with Crippen molar-refractivity contribution >= 4 is 15.9 Å². The zero-order valence-electron chi connectivity index (χ0n) is 11.1. The van der Waals surface area contributed by atoms with Crippen LogP contribution >= 0.6 is 15.9 Å². The van der Waals surface area contributed by atoms with Crippen LogP contribution in [0.2, 0.25) is 0 Å². The van der Waals surface area contributed by atoms with Crippen molar-refractivity contribution in [1.82, 2.24) is 5.06 Å². The van der Waals surface area contributed by atoms with Crippen molar-refractivity contribution in [3.8, 4) is 0 Å². The second-order valence-electron chi connectivity index (χ2n) is 6.35. The molecule has 2 spiro atoms. The van der Waals surface area contributed by atoms with E-state index in [-0.39, 0.29) is 11.1 Å². The van der Waals surface area contributed by atoms with Crippen molar-refractivity contribution in [3.63, 3.8) is 0 Å². The Bertz CT molecular complexity index is 340. The number of hydrogen-bond acceptors (Lipinski definition) is 1. The fraction of sp³-hybridized carbons (Fsp3) is 0.867. The van der Waals surface area contributed by atoms with Gasteiger partial charge in [-0.15, -0.1) is 10.3 Å². The number of rotatable bonds is 1. The molecule has 3 rings (SSSR count). The van der Waals surface area contributed by atoms with E-state index in [1.807, 2.05) is 0 Å². The highest BCUT2D eigenvalue weighted by molar-refractivity contribution is 9.09. The minimum atomic E-state index is -0.140. The number of halogens is 1. The lowest BCUT2D eigenvalue weighted by Gasteiger charge is -2.46. The number of alkyl halides is 1. The Morgan fingerprint density at radius 3 is 2.11 bits per heavy atom. The lowest BCUT2D eigenvalue weighted by molar-refractivity contribution is -0.267. The van der Waals surface area contributed by atoms with Crippen molar-refractivity contribution in [2.75, 3.05) is 5.33 Å². The topological polar surface area (TPSA) is 23.1 Å². The predicted octanol–water partition coefficient (Wildman–Crippen LogP) is 4.37. The van der Waals surface area contributed by atoms with E-state index in [0.717, 1.165) is 31.0 Å². The van der Waals surface area contributed by atoms with E-state index in [1.165, 1.54) is 44.1 Å². The third-order valence-electron chi connectivity index (χ3n) is 5.38. The predicted molar refractivity (Wildman–Crippen MR) is 76.0 cm³/mol. The molecule has 0 atom stereocenters. The first-order chi connectivity index (χ1) is 8.73. The monoisotopic (exact) mass is 312 g/mol. The summed E-state index contributed by atoms with van der Waals surface area (Å²) in [5.41, 5.74) is 1.11. The van der Waals surface area contributed by atoms with Crippen LogP contribution in [0.5, 0.6) is 0 Å². The summed E-state index contributed by atoms with van der Waals surface area (Å²) >= 11 is 3.63. The molecule has 0 aromatic carbocycles. The summed E-state index contributed by atoms with van der Waals surface area (Å²) in [6, 6.07) is 0. The van der Waals surface area contributed by atoms with E-state index in [9.17, 15) is 5.21 Å². The van der Waals surface area contributed by atoms with Gasteiger partial charge in [-0.1, -0.05) is 60.5 Å². The van der Waals surface area contributed by atoms with Gasteiger partial charge in [0.25, 0.3) is 0 Å². The third-order valence-corrected chi connectivity index (χ3v) is 5.98. The molecule has 0 saturated heterocycles. The van der Waals surface area contributed by atoms with Crippen LogP contribution in [-0.4, -0.2) is 21.5 Å². The molecule has 1 aliphatic heterocycles. The van der Waals surface area contributed by atoms with Crippen molar-refractivity contribution in [3.05, 3.63) is 11.6 Å². The first-order valence-electron chi connectivity index (χ1n) is 7.49. The van der Waals surface area contributed by atoms with Gasteiger partial charge in [0.1, 0.15) is 0 Å². The van der Waals surface area contributed by atoms with Gasteiger partial charge in [0.2, 0.25) is 0 Å². The van der Waals surface area contributed by atoms with Gasteiger partial charge in [-0.2, -0.15) is 0 Å². The smallest absolute Gasteiger partial charge is 0.0720 e. The van der Waals surface area contributed by atoms with Crippen molar-refractivity contribution in [2.24, 2.45) is 0 Å². The Morgan fingerprint density at radius 1 is 1.00 bits per heavy atom. The largest absolute Gasteiger partial charge is 0.135 e. The van der Waals surface area contributed by atoms with Crippen LogP contribution in [0.3, 0.4) is 0 Å². The van der Waals surface area contributed by atoms with E-state index >= 15 is 0 Å². The quantitative estimate of drug-likeness (QED) is 0.520. The Labute approximate surface area is 119 Å². The van der Waals surface area contributed by atoms with Gasteiger partial charge in [-0.25, -0.2) is 0 Å². The maximum atomic E-state index is 13.1. The summed E-state index contributed by atoms with van der Waals surface area (Å²) in [7, 11) is 0. The van der Waals surface area contributed by atoms with Gasteiger partial charge < -0.3 is 0 Å². The van der Waals surface area contributed by atoms with Crippen molar-refractivity contribution < 1.29 is 5.21 Å². The molecular formula is C15H23BrNO. The number of nitrogens with zero attached hydrogens (tertiary/aromatic N) is 1. The zero-order valence-corrected chi connectivity index (χ0v) is 12.7. The summed E-state index contributed by atoms with van der Waals surface area (Å²) in [6.45, 7) is 0. The zero-order chi connectivity index (χ0) is 12.6. The van der Waals surface area contributed by atoms with Crippen molar-refractivity contribution in [1.29, 1.82) is 0 Å². The van der Waals surface area contributed by atoms with E-state index in [0.29, 0.717) is 0 Å². The molecular weight excluding hydrogens is 290 g/mol. The highest BCUT2D eigenvalue weighted by atomic mass is 79.9. The normalized spacial score (nSPS) is 30.9. The average molecular weight is 313 g/mol. The molecule has 101 valence electrons. The molecule has 1 heterocycles. The van der Waals surface area contributed by atoms with Crippen LogP contribution in [0.4, 0.5) is 0 Å². The molecule has 0 bridgehead atoms. The summed E-state index contributed by atoms with van der Waals surface area (Å²) in [6.07, 6.45) is 14.2. The molecule has 2 nitrogen and oxygen atoms in total. The molecule has 18 heavy (non-hydrogen) atoms. The molecule has 3 heteroatoms. The van der Waals surface area contributed by atoms with Crippen molar-refractivity contribution in [2.45, 2.75) is 75.3 Å². The average Bonchev–Trinajstić information content (AvgIpc) is 2.64. The van der Waals surface area contributed by atoms with Crippen LogP contribution in [0, 0.1) is 0 Å². The Balaban J connectivity index is 1.94. The Hall–Kier alpha value is 0.140. The molecule has 2 saturated carbocycles. The van der Waals surface area contributed by atoms with Crippen LogP contribution in [-0.2, 0) is 5.21 Å². The number of hydroxylamine groups is 2. The summed E-state index contributed by atoms with van der Waals surface area (Å²) in [5, 5.41) is 15.5. The Morgan fingerprint density at radius 2 is 1.56 bits per heavy atom. The van der Waals surface area contributed by atoms with Crippen LogP contribution in [0.1, 0.15) is 64.2 Å². The fourth-order valence-corrected chi connectivity index (χ4v) is 5.09. The standard InChI is InChI=1S/C15H23BrNO/c16-12-13-11-14(7-3-1-4-8-14)17(18)15(13)9-5-2-6-10-15/h11H,1-10,12H2. The second kappa shape index (κ2) is 4.92. The molecule has 0 aromatic rings. The van der Waals surface area contributed by atoms with E-state index in [4.69, 9.17) is 0 Å². The van der Waals surface area contributed by atoms with Gasteiger partial charge in [0.15, 0.2) is 0 Å². The first kappa shape index (κ1) is 13.1. The lowest BCUT2D eigenvalue weighted by atomic mass is 9.77. The van der Waals surface area contributed by atoms with Gasteiger partial charge in [0, 0.05) is 5.33 Å². The first-order valence-corrected chi connectivity index (χ1v) is 8.61. The fourth-order valence-electron chi connectivity index (χ4n) is 4.41. The lowest BCUT2D eigenvalue weighted by Crippen LogP contribution is -2.55. The molecule has 0 aromatic heterocycles. The highest BCUT2D eigenvalue weighted by Crippen LogP contribution is 2.52. The van der Waals surface area contributed by atoms with Crippen LogP contribution in [0.25, 0.3) is 0 Å². The van der Waals surface area contributed by atoms with E-state index in [1.54, 1.807) is 5.06 Å². The van der Waals surface area contributed by atoms with Gasteiger partial charge in [-0.3, -0.25) is 0 Å². The molecule has 2 fully saturated rings. The third kappa shape index (κ3) is 1.82. The van der Waals surface area contributed by atoms with Crippen LogP contribution < -0.4 is 0 Å². The van der Waals surface area contributed by atoms with Gasteiger partial charge in [-0.05, 0) is 31.3 Å². The van der Waals surface area contributed by atoms with E-state index in [2.05, 4.69) is 22.0 Å². The molecule has 3 aliphatic rings. The highest BCUT2D eigenvalue weighted by Gasteiger charge is 2.55. The van der Waals surface area contributed by atoms with Crippen LogP contribution in [0.15, 0.2) is 11.6 Å². The maximum absolute atomic E-state index is 13.1. The molecule has 2 aliphatic carbocycles. The molecule has 0 unspecified atom stereocenters. The minimum absolute atomic E-state index is 0.140. The molecule has 0 amide bonds.